The Morgan fingerprint density at radius 2 is 1.57 bits per heavy atom. The lowest BCUT2D eigenvalue weighted by atomic mass is 10.2. The van der Waals surface area contributed by atoms with Crippen LogP contribution >= 0.6 is 11.3 Å². The number of hydrogen-bond acceptors (Lipinski definition) is 4. The molecule has 0 radical (unpaired) electrons. The van der Waals surface area contributed by atoms with Gasteiger partial charge in [0.1, 0.15) is 5.01 Å². The number of anilines is 3. The van der Waals surface area contributed by atoms with Crippen molar-refractivity contribution in [1.82, 2.24) is 10.3 Å². The summed E-state index contributed by atoms with van der Waals surface area (Å²) in [4.78, 5) is 29.4. The van der Waals surface area contributed by atoms with E-state index in [0.717, 1.165) is 21.8 Å². The van der Waals surface area contributed by atoms with Gasteiger partial charge in [0.15, 0.2) is 0 Å². The van der Waals surface area contributed by atoms with Crippen molar-refractivity contribution < 1.29 is 9.59 Å². The average molecular weight is 486 g/mol. The standard InChI is InChI=1S/C27H27N5O2S/c1-18-8-11-20(12-9-18)25-29-23(17-35-25)14-15-28-26(33)32-24-16-22(13-10-19(24)2)31-27(34)30-21-6-4-3-5-7-21/h3-13,16-17H,14-15H2,1-2H3,(H2,28,32,33)(H2,30,31,34). The number of amides is 4. The van der Waals surface area contributed by atoms with Gasteiger partial charge in [-0.3, -0.25) is 0 Å². The van der Waals surface area contributed by atoms with Gasteiger partial charge in [0.25, 0.3) is 0 Å². The molecule has 0 aliphatic carbocycles. The van der Waals surface area contributed by atoms with Crippen LogP contribution in [0.3, 0.4) is 0 Å². The predicted molar refractivity (Wildman–Crippen MR) is 143 cm³/mol. The zero-order valence-corrected chi connectivity index (χ0v) is 20.4. The summed E-state index contributed by atoms with van der Waals surface area (Å²) < 4.78 is 0. The molecule has 0 atom stereocenters. The third-order valence-electron chi connectivity index (χ3n) is 5.29. The molecule has 0 aliphatic heterocycles. The molecule has 0 bridgehead atoms. The van der Waals surface area contributed by atoms with Gasteiger partial charge < -0.3 is 21.3 Å². The molecular formula is C27H27N5O2S. The number of hydrogen-bond donors (Lipinski definition) is 4. The molecule has 1 aromatic heterocycles. The van der Waals surface area contributed by atoms with E-state index in [4.69, 9.17) is 0 Å². The molecule has 3 aromatic carbocycles. The minimum Gasteiger partial charge on any atom is -0.337 e. The molecule has 0 fully saturated rings. The van der Waals surface area contributed by atoms with Crippen LogP contribution in [0.4, 0.5) is 26.7 Å². The number of carbonyl (C=O) groups is 2. The summed E-state index contributed by atoms with van der Waals surface area (Å²) >= 11 is 1.60. The van der Waals surface area contributed by atoms with Crippen LogP contribution < -0.4 is 21.3 Å². The van der Waals surface area contributed by atoms with Crippen LogP contribution in [-0.4, -0.2) is 23.6 Å². The Morgan fingerprint density at radius 3 is 2.34 bits per heavy atom. The van der Waals surface area contributed by atoms with Crippen molar-refractivity contribution in [3.63, 3.8) is 0 Å². The van der Waals surface area contributed by atoms with Crippen molar-refractivity contribution in [3.8, 4) is 10.6 Å². The maximum atomic E-state index is 12.4. The number of aromatic nitrogens is 1. The van der Waals surface area contributed by atoms with Crippen molar-refractivity contribution in [1.29, 1.82) is 0 Å². The highest BCUT2D eigenvalue weighted by Gasteiger charge is 2.09. The second-order valence-electron chi connectivity index (χ2n) is 8.12. The Labute approximate surface area is 208 Å². The van der Waals surface area contributed by atoms with Crippen molar-refractivity contribution >= 4 is 40.5 Å². The lowest BCUT2D eigenvalue weighted by Gasteiger charge is -2.13. The molecular weight excluding hydrogens is 458 g/mol. The molecule has 0 spiro atoms. The lowest BCUT2D eigenvalue weighted by molar-refractivity contribution is 0.252. The summed E-state index contributed by atoms with van der Waals surface area (Å²) in [6.07, 6.45) is 0.635. The van der Waals surface area contributed by atoms with E-state index in [0.29, 0.717) is 30.0 Å². The maximum absolute atomic E-state index is 12.4. The van der Waals surface area contributed by atoms with Gasteiger partial charge >= 0.3 is 12.1 Å². The topological polar surface area (TPSA) is 95.2 Å². The number of benzene rings is 3. The van der Waals surface area contributed by atoms with Gasteiger partial charge in [-0.1, -0.05) is 54.1 Å². The van der Waals surface area contributed by atoms with Crippen molar-refractivity contribution in [2.45, 2.75) is 20.3 Å². The van der Waals surface area contributed by atoms with Gasteiger partial charge in [0.05, 0.1) is 5.69 Å². The molecule has 0 aliphatic rings. The molecule has 4 N–H and O–H groups in total. The first-order valence-corrected chi connectivity index (χ1v) is 12.1. The van der Waals surface area contributed by atoms with Crippen LogP contribution in [0.25, 0.3) is 10.6 Å². The second-order valence-corrected chi connectivity index (χ2v) is 8.97. The Kier molecular flexibility index (Phi) is 7.74. The number of nitrogens with zero attached hydrogens (tertiary/aromatic N) is 1. The SMILES string of the molecule is Cc1ccc(-c2nc(CCNC(=O)Nc3cc(NC(=O)Nc4ccccc4)ccc3C)cs2)cc1. The number of para-hydroxylation sites is 1. The molecule has 0 saturated heterocycles. The van der Waals surface area contributed by atoms with Crippen molar-refractivity contribution in [2.24, 2.45) is 0 Å². The highest BCUT2D eigenvalue weighted by Crippen LogP contribution is 2.24. The van der Waals surface area contributed by atoms with Gasteiger partial charge in [-0.2, -0.15) is 0 Å². The minimum absolute atomic E-state index is 0.312. The fourth-order valence-corrected chi connectivity index (χ4v) is 4.23. The van der Waals surface area contributed by atoms with Gasteiger partial charge in [-0.25, -0.2) is 14.6 Å². The fraction of sp³-hybridized carbons (Fsp3) is 0.148. The average Bonchev–Trinajstić information content (AvgIpc) is 3.31. The molecule has 4 rings (SSSR count). The van der Waals surface area contributed by atoms with Crippen LogP contribution in [0.1, 0.15) is 16.8 Å². The summed E-state index contributed by atoms with van der Waals surface area (Å²) in [6.45, 7) is 4.41. The number of thiazole rings is 1. The summed E-state index contributed by atoms with van der Waals surface area (Å²) in [6, 6.07) is 22.2. The van der Waals surface area contributed by atoms with Crippen LogP contribution in [-0.2, 0) is 6.42 Å². The first-order valence-electron chi connectivity index (χ1n) is 11.3. The molecule has 7 nitrogen and oxygen atoms in total. The summed E-state index contributed by atoms with van der Waals surface area (Å²) in [5.41, 5.74) is 6.03. The third kappa shape index (κ3) is 6.91. The van der Waals surface area contributed by atoms with Crippen LogP contribution in [0.5, 0.6) is 0 Å². The molecule has 1 heterocycles. The van der Waals surface area contributed by atoms with E-state index in [9.17, 15) is 9.59 Å². The number of urea groups is 2. The van der Waals surface area contributed by atoms with E-state index in [1.807, 2.05) is 36.6 Å². The van der Waals surface area contributed by atoms with Crippen LogP contribution in [0, 0.1) is 13.8 Å². The monoisotopic (exact) mass is 485 g/mol. The summed E-state index contributed by atoms with van der Waals surface area (Å²) in [5, 5.41) is 14.3. The normalized spacial score (nSPS) is 10.5. The van der Waals surface area contributed by atoms with Gasteiger partial charge in [0.2, 0.25) is 0 Å². The fourth-order valence-electron chi connectivity index (χ4n) is 3.37. The van der Waals surface area contributed by atoms with Crippen LogP contribution in [0.15, 0.2) is 78.2 Å². The number of rotatable bonds is 7. The number of nitrogens with one attached hydrogen (secondary N) is 4. The largest absolute Gasteiger partial charge is 0.337 e. The van der Waals surface area contributed by atoms with Gasteiger partial charge in [-0.05, 0) is 43.7 Å². The van der Waals surface area contributed by atoms with E-state index >= 15 is 0 Å². The Balaban J connectivity index is 1.27. The molecule has 178 valence electrons. The van der Waals surface area contributed by atoms with Crippen LogP contribution in [0.2, 0.25) is 0 Å². The lowest BCUT2D eigenvalue weighted by Crippen LogP contribution is -2.30. The summed E-state index contributed by atoms with van der Waals surface area (Å²) in [7, 11) is 0. The third-order valence-corrected chi connectivity index (χ3v) is 6.23. The smallest absolute Gasteiger partial charge is 0.323 e. The highest BCUT2D eigenvalue weighted by molar-refractivity contribution is 7.13. The molecule has 8 heteroatoms. The zero-order chi connectivity index (χ0) is 24.6. The van der Waals surface area contributed by atoms with E-state index in [1.54, 1.807) is 35.6 Å². The Morgan fingerprint density at radius 1 is 0.829 bits per heavy atom. The maximum Gasteiger partial charge on any atom is 0.323 e. The Hall–Kier alpha value is -4.17. The first-order chi connectivity index (χ1) is 17.0. The molecule has 4 aromatic rings. The summed E-state index contributed by atoms with van der Waals surface area (Å²) in [5.74, 6) is 0. The number of aryl methyl sites for hydroxylation is 2. The predicted octanol–water partition coefficient (Wildman–Crippen LogP) is 6.44. The van der Waals surface area contributed by atoms with E-state index in [1.165, 1.54) is 5.56 Å². The van der Waals surface area contributed by atoms with E-state index < -0.39 is 0 Å². The molecule has 0 saturated carbocycles. The van der Waals surface area contributed by atoms with Crippen molar-refractivity contribution in [2.75, 3.05) is 22.5 Å². The van der Waals surface area contributed by atoms with Crippen molar-refractivity contribution in [3.05, 3.63) is 95.0 Å². The Bertz CT molecular complexity index is 1300. The van der Waals surface area contributed by atoms with E-state index in [-0.39, 0.29) is 12.1 Å². The quantitative estimate of drug-likeness (QED) is 0.243. The molecule has 0 unspecified atom stereocenters. The first kappa shape index (κ1) is 24.0. The highest BCUT2D eigenvalue weighted by atomic mass is 32.1. The minimum atomic E-state index is -0.358. The second kappa shape index (κ2) is 11.3. The zero-order valence-electron chi connectivity index (χ0n) is 19.6. The molecule has 4 amide bonds. The number of carbonyl (C=O) groups excluding carboxylic acids is 2. The van der Waals surface area contributed by atoms with E-state index in [2.05, 4.69) is 57.4 Å². The van der Waals surface area contributed by atoms with Gasteiger partial charge in [0, 0.05) is 41.0 Å². The molecule has 35 heavy (non-hydrogen) atoms. The van der Waals surface area contributed by atoms with Gasteiger partial charge in [-0.15, -0.1) is 11.3 Å².